The number of Topliss-reactive ketones (excluding diaryl/α,β-unsaturated/α-hetero) is 1. The predicted molar refractivity (Wildman–Crippen MR) is 104 cm³/mol. The molecule has 1 atom stereocenters. The zero-order chi connectivity index (χ0) is 20.4. The smallest absolute Gasteiger partial charge is 0.339 e. The zero-order valence-corrected chi connectivity index (χ0v) is 16.9. The van der Waals surface area contributed by atoms with E-state index in [2.05, 4.69) is 4.98 Å². The number of aromatic amines is 1. The lowest BCUT2D eigenvalue weighted by Gasteiger charge is -2.25. The van der Waals surface area contributed by atoms with Gasteiger partial charge in [0, 0.05) is 12.2 Å². The van der Waals surface area contributed by atoms with Gasteiger partial charge in [0.05, 0.1) is 24.4 Å². The van der Waals surface area contributed by atoms with Crippen molar-refractivity contribution in [2.45, 2.75) is 33.4 Å². The monoisotopic (exact) mass is 386 g/mol. The van der Waals surface area contributed by atoms with Crippen LogP contribution in [0, 0.1) is 13.8 Å². The lowest BCUT2D eigenvalue weighted by Crippen LogP contribution is -2.36. The van der Waals surface area contributed by atoms with E-state index in [1.807, 2.05) is 37.1 Å². The highest BCUT2D eigenvalue weighted by molar-refractivity contribution is 6.03. The predicted octanol–water partition coefficient (Wildman–Crippen LogP) is 2.89. The summed E-state index contributed by atoms with van der Waals surface area (Å²) < 4.78 is 16.0. The van der Waals surface area contributed by atoms with Crippen LogP contribution in [0.25, 0.3) is 0 Å². The molecule has 3 rings (SSSR count). The Kier molecular flexibility index (Phi) is 5.74. The third-order valence-corrected chi connectivity index (χ3v) is 5.15. The number of likely N-dealkylation sites (N-methyl/N-ethyl adjacent to an activating group) is 1. The third-order valence-electron chi connectivity index (χ3n) is 5.15. The summed E-state index contributed by atoms with van der Waals surface area (Å²) in [5.41, 5.74) is 3.15. The number of nitrogens with zero attached hydrogens (tertiary/aromatic N) is 1. The largest absolute Gasteiger partial charge is 0.486 e. The van der Waals surface area contributed by atoms with Crippen LogP contribution in [0.3, 0.4) is 0 Å². The van der Waals surface area contributed by atoms with E-state index in [1.54, 1.807) is 13.8 Å². The van der Waals surface area contributed by atoms with Crippen molar-refractivity contribution in [2.24, 2.45) is 0 Å². The van der Waals surface area contributed by atoms with Crippen LogP contribution in [0.5, 0.6) is 11.5 Å². The maximum Gasteiger partial charge on any atom is 0.339 e. The van der Waals surface area contributed by atoms with Gasteiger partial charge in [-0.05, 0) is 51.1 Å². The van der Waals surface area contributed by atoms with Gasteiger partial charge in [-0.1, -0.05) is 6.07 Å². The van der Waals surface area contributed by atoms with Crippen LogP contribution in [0.1, 0.15) is 44.6 Å². The summed E-state index contributed by atoms with van der Waals surface area (Å²) >= 11 is 0. The van der Waals surface area contributed by atoms with Crippen LogP contribution in [0.15, 0.2) is 18.2 Å². The lowest BCUT2D eigenvalue weighted by atomic mass is 10.0. The first-order valence-corrected chi connectivity index (χ1v) is 9.24. The number of ketones is 1. The average molecular weight is 386 g/mol. The second kappa shape index (κ2) is 8.06. The minimum atomic E-state index is -0.442. The van der Waals surface area contributed by atoms with E-state index in [4.69, 9.17) is 14.2 Å². The minimum Gasteiger partial charge on any atom is -0.486 e. The fourth-order valence-corrected chi connectivity index (χ4v) is 3.42. The number of methoxy groups -OCH3 is 1. The Morgan fingerprint density at radius 2 is 1.89 bits per heavy atom. The Balaban J connectivity index is 1.75. The van der Waals surface area contributed by atoms with Crippen LogP contribution in [0.2, 0.25) is 0 Å². The topological polar surface area (TPSA) is 80.9 Å². The quantitative estimate of drug-likeness (QED) is 0.607. The summed E-state index contributed by atoms with van der Waals surface area (Å²) in [4.78, 5) is 30.0. The first-order chi connectivity index (χ1) is 13.3. The molecule has 1 N–H and O–H groups in total. The summed E-state index contributed by atoms with van der Waals surface area (Å²) in [5.74, 6) is 0.961. The fourth-order valence-electron chi connectivity index (χ4n) is 3.42. The van der Waals surface area contributed by atoms with Crippen molar-refractivity contribution < 1.29 is 23.8 Å². The van der Waals surface area contributed by atoms with Gasteiger partial charge in [0.25, 0.3) is 0 Å². The maximum atomic E-state index is 13.0. The highest BCUT2D eigenvalue weighted by Gasteiger charge is 2.27. The van der Waals surface area contributed by atoms with Crippen molar-refractivity contribution in [2.75, 3.05) is 27.4 Å². The van der Waals surface area contributed by atoms with Gasteiger partial charge in [-0.25, -0.2) is 4.79 Å². The van der Waals surface area contributed by atoms with Crippen LogP contribution >= 0.6 is 0 Å². The van der Waals surface area contributed by atoms with Gasteiger partial charge in [-0.15, -0.1) is 0 Å². The number of hydrogen-bond donors (Lipinski definition) is 1. The number of rotatable bonds is 6. The molecule has 1 aromatic carbocycles. The molecule has 150 valence electrons. The van der Waals surface area contributed by atoms with Crippen molar-refractivity contribution in [1.29, 1.82) is 0 Å². The summed E-state index contributed by atoms with van der Waals surface area (Å²) in [6, 6.07) is 5.43. The van der Waals surface area contributed by atoms with Gasteiger partial charge >= 0.3 is 5.97 Å². The van der Waals surface area contributed by atoms with Crippen molar-refractivity contribution in [1.82, 2.24) is 9.88 Å². The molecule has 1 aromatic heterocycles. The number of carbonyl (C=O) groups is 2. The molecule has 1 aliphatic heterocycles. The Morgan fingerprint density at radius 1 is 1.21 bits per heavy atom. The third kappa shape index (κ3) is 3.75. The molecule has 0 bridgehead atoms. The highest BCUT2D eigenvalue weighted by atomic mass is 16.6. The molecule has 28 heavy (non-hydrogen) atoms. The van der Waals surface area contributed by atoms with Gasteiger partial charge in [-0.3, -0.25) is 9.69 Å². The fraction of sp³-hybridized carbons (Fsp3) is 0.429. The van der Waals surface area contributed by atoms with E-state index < -0.39 is 5.97 Å². The normalized spacial score (nSPS) is 14.1. The first kappa shape index (κ1) is 19.9. The number of benzene rings is 1. The molecule has 0 fully saturated rings. The first-order valence-electron chi connectivity index (χ1n) is 9.24. The summed E-state index contributed by atoms with van der Waals surface area (Å²) in [5, 5.41) is 0. The van der Waals surface area contributed by atoms with Gasteiger partial charge < -0.3 is 19.2 Å². The van der Waals surface area contributed by atoms with Gasteiger partial charge in [-0.2, -0.15) is 0 Å². The van der Waals surface area contributed by atoms with Crippen molar-refractivity contribution in [3.63, 3.8) is 0 Å². The van der Waals surface area contributed by atoms with Crippen molar-refractivity contribution in [3.05, 3.63) is 46.3 Å². The van der Waals surface area contributed by atoms with E-state index in [0.717, 1.165) is 17.1 Å². The molecular weight excluding hydrogens is 360 g/mol. The zero-order valence-electron chi connectivity index (χ0n) is 16.9. The van der Waals surface area contributed by atoms with Crippen LogP contribution in [0.4, 0.5) is 0 Å². The molecule has 0 saturated carbocycles. The van der Waals surface area contributed by atoms with E-state index in [0.29, 0.717) is 42.3 Å². The van der Waals surface area contributed by atoms with Crippen molar-refractivity contribution in [3.8, 4) is 11.5 Å². The molecule has 2 aromatic rings. The van der Waals surface area contributed by atoms with Crippen LogP contribution in [-0.2, 0) is 11.3 Å². The molecule has 0 amide bonds. The maximum absolute atomic E-state index is 13.0. The second-order valence-electron chi connectivity index (χ2n) is 7.05. The molecule has 1 aliphatic rings. The Hall–Kier alpha value is -2.80. The SMILES string of the molecule is COC(=O)c1c(C)[nH]c(C(=O)[C@H](C)N(C)Cc2ccc3c(c2)OCCO3)c1C. The molecule has 7 heteroatoms. The molecule has 0 spiro atoms. The summed E-state index contributed by atoms with van der Waals surface area (Å²) in [6.45, 7) is 7.05. The second-order valence-corrected chi connectivity index (χ2v) is 7.05. The molecule has 0 aliphatic carbocycles. The highest BCUT2D eigenvalue weighted by Crippen LogP contribution is 2.31. The molecular formula is C21H26N2O5. The number of esters is 1. The molecule has 0 saturated heterocycles. The van der Waals surface area contributed by atoms with E-state index >= 15 is 0 Å². The lowest BCUT2D eigenvalue weighted by molar-refractivity contribution is 0.0599. The Bertz CT molecular complexity index is 902. The summed E-state index contributed by atoms with van der Waals surface area (Å²) in [6.07, 6.45) is 0. The number of aryl methyl sites for hydroxylation is 1. The molecule has 0 unspecified atom stereocenters. The number of ether oxygens (including phenoxy) is 3. The number of aromatic nitrogens is 1. The summed E-state index contributed by atoms with van der Waals surface area (Å²) in [7, 11) is 3.23. The van der Waals surface area contributed by atoms with E-state index in [1.165, 1.54) is 7.11 Å². The van der Waals surface area contributed by atoms with Crippen LogP contribution < -0.4 is 9.47 Å². The number of carbonyl (C=O) groups excluding carboxylic acids is 2. The van der Waals surface area contributed by atoms with Crippen molar-refractivity contribution >= 4 is 11.8 Å². The average Bonchev–Trinajstić information content (AvgIpc) is 3.00. The minimum absolute atomic E-state index is 0.0733. The molecule has 2 heterocycles. The van der Waals surface area contributed by atoms with E-state index in [-0.39, 0.29) is 11.8 Å². The standard InChI is InChI=1S/C21H26N2O5/c1-12-18(21(25)26-5)13(2)22-19(12)20(24)14(3)23(4)11-15-6-7-16-17(10-15)28-9-8-27-16/h6-7,10,14,22H,8-9,11H2,1-5H3/t14-/m0/s1. The van der Waals surface area contributed by atoms with Gasteiger partial charge in [0.2, 0.25) is 0 Å². The number of H-pyrrole nitrogens is 1. The number of nitrogens with one attached hydrogen (secondary N) is 1. The van der Waals surface area contributed by atoms with Gasteiger partial charge in [0.1, 0.15) is 13.2 Å². The number of fused-ring (bicyclic) bond motifs is 1. The Morgan fingerprint density at radius 3 is 2.57 bits per heavy atom. The molecule has 0 radical (unpaired) electrons. The Labute approximate surface area is 164 Å². The number of hydrogen-bond acceptors (Lipinski definition) is 6. The van der Waals surface area contributed by atoms with E-state index in [9.17, 15) is 9.59 Å². The van der Waals surface area contributed by atoms with Crippen LogP contribution in [-0.4, -0.2) is 55.0 Å². The van der Waals surface area contributed by atoms with Gasteiger partial charge in [0.15, 0.2) is 17.3 Å². The molecule has 7 nitrogen and oxygen atoms in total.